The first-order valence-electron chi connectivity index (χ1n) is 5.80. The number of carbonyl (C=O) groups excluding carboxylic acids is 1. The first-order valence-corrected chi connectivity index (χ1v) is 7.67. The summed E-state index contributed by atoms with van der Waals surface area (Å²) in [7, 11) is 1.82. The van der Waals surface area contributed by atoms with Gasteiger partial charge in [-0.2, -0.15) is 5.10 Å². The second kappa shape index (κ2) is 6.04. The van der Waals surface area contributed by atoms with Crippen LogP contribution in [0.15, 0.2) is 28.9 Å². The number of nitrogens with zero attached hydrogens (tertiary/aromatic N) is 2. The summed E-state index contributed by atoms with van der Waals surface area (Å²) in [5.74, 6) is -0.132. The zero-order chi connectivity index (χ0) is 14.0. The van der Waals surface area contributed by atoms with Gasteiger partial charge in [-0.25, -0.2) is 0 Å². The van der Waals surface area contributed by atoms with Crippen molar-refractivity contribution in [3.8, 4) is 0 Å². The molecular weight excluding hydrogens is 421 g/mol. The van der Waals surface area contributed by atoms with E-state index in [4.69, 9.17) is 0 Å². The minimum Gasteiger partial charge on any atom is -0.321 e. The molecule has 19 heavy (non-hydrogen) atoms. The van der Waals surface area contributed by atoms with Gasteiger partial charge in [-0.05, 0) is 63.1 Å². The molecule has 0 saturated carbocycles. The Morgan fingerprint density at radius 2 is 2.26 bits per heavy atom. The third-order valence-corrected chi connectivity index (χ3v) is 4.02. The van der Waals surface area contributed by atoms with E-state index in [1.54, 1.807) is 10.9 Å². The molecule has 1 N–H and O–H groups in total. The molecule has 1 aromatic carbocycles. The summed E-state index contributed by atoms with van der Waals surface area (Å²) in [5.41, 5.74) is 2.19. The molecule has 1 aromatic heterocycles. The van der Waals surface area contributed by atoms with Crippen molar-refractivity contribution in [3.05, 3.63) is 43.7 Å². The number of rotatable bonds is 3. The second-order valence-corrected chi connectivity index (χ2v) is 6.19. The van der Waals surface area contributed by atoms with Gasteiger partial charge in [-0.1, -0.05) is 6.92 Å². The van der Waals surface area contributed by atoms with E-state index in [-0.39, 0.29) is 5.91 Å². The smallest absolute Gasteiger partial charge is 0.259 e. The van der Waals surface area contributed by atoms with Crippen LogP contribution in [0.25, 0.3) is 0 Å². The molecule has 100 valence electrons. The lowest BCUT2D eigenvalue weighted by Crippen LogP contribution is -2.13. The maximum Gasteiger partial charge on any atom is 0.259 e. The van der Waals surface area contributed by atoms with Crippen LogP contribution < -0.4 is 5.32 Å². The fraction of sp³-hybridized carbons (Fsp3) is 0.231. The molecule has 0 aliphatic carbocycles. The lowest BCUT2D eigenvalue weighted by atomic mass is 10.2. The van der Waals surface area contributed by atoms with Crippen molar-refractivity contribution in [3.63, 3.8) is 0 Å². The molecule has 2 rings (SSSR count). The van der Waals surface area contributed by atoms with Crippen LogP contribution in [0.3, 0.4) is 0 Å². The molecule has 1 heterocycles. The number of halogens is 2. The summed E-state index contributed by atoms with van der Waals surface area (Å²) >= 11 is 5.65. The highest BCUT2D eigenvalue weighted by Crippen LogP contribution is 2.25. The van der Waals surface area contributed by atoms with Gasteiger partial charge in [-0.15, -0.1) is 0 Å². The Labute approximate surface area is 133 Å². The maximum absolute atomic E-state index is 12.3. The van der Waals surface area contributed by atoms with Crippen LogP contribution >= 0.6 is 38.5 Å². The van der Waals surface area contributed by atoms with Crippen molar-refractivity contribution < 1.29 is 4.79 Å². The Morgan fingerprint density at radius 3 is 2.95 bits per heavy atom. The Hall–Kier alpha value is -0.890. The Morgan fingerprint density at radius 1 is 1.53 bits per heavy atom. The van der Waals surface area contributed by atoms with Crippen LogP contribution in [-0.4, -0.2) is 15.7 Å². The van der Waals surface area contributed by atoms with Gasteiger partial charge in [0.15, 0.2) is 0 Å². The average Bonchev–Trinajstić information content (AvgIpc) is 2.75. The Bertz CT molecular complexity index is 624. The number of hydrogen-bond acceptors (Lipinski definition) is 2. The SMILES string of the molecule is CCc1nn(C)cc1C(=O)Nc1cc(I)ccc1Br. The number of anilines is 1. The summed E-state index contributed by atoms with van der Waals surface area (Å²) in [5, 5.41) is 7.19. The van der Waals surface area contributed by atoms with E-state index in [2.05, 4.69) is 48.9 Å². The molecule has 1 amide bonds. The number of benzene rings is 1. The number of aryl methyl sites for hydroxylation is 2. The van der Waals surface area contributed by atoms with E-state index < -0.39 is 0 Å². The topological polar surface area (TPSA) is 46.9 Å². The Kier molecular flexibility index (Phi) is 4.62. The largest absolute Gasteiger partial charge is 0.321 e. The fourth-order valence-corrected chi connectivity index (χ4v) is 2.61. The normalized spacial score (nSPS) is 10.5. The van der Waals surface area contributed by atoms with E-state index in [0.717, 1.165) is 25.8 Å². The van der Waals surface area contributed by atoms with Crippen LogP contribution in [0.1, 0.15) is 23.0 Å². The van der Waals surface area contributed by atoms with Gasteiger partial charge in [0.05, 0.1) is 16.9 Å². The summed E-state index contributed by atoms with van der Waals surface area (Å²) in [6.07, 6.45) is 2.48. The van der Waals surface area contributed by atoms with Crippen molar-refractivity contribution in [2.75, 3.05) is 5.32 Å². The highest BCUT2D eigenvalue weighted by Gasteiger charge is 2.15. The van der Waals surface area contributed by atoms with Crippen molar-refractivity contribution in [1.29, 1.82) is 0 Å². The van der Waals surface area contributed by atoms with E-state index in [9.17, 15) is 4.79 Å². The lowest BCUT2D eigenvalue weighted by Gasteiger charge is -2.07. The van der Waals surface area contributed by atoms with Crippen molar-refractivity contribution >= 4 is 50.1 Å². The van der Waals surface area contributed by atoms with Crippen molar-refractivity contribution in [2.24, 2.45) is 7.05 Å². The van der Waals surface area contributed by atoms with Crippen LogP contribution in [0.4, 0.5) is 5.69 Å². The maximum atomic E-state index is 12.3. The third-order valence-electron chi connectivity index (χ3n) is 2.66. The summed E-state index contributed by atoms with van der Waals surface area (Å²) in [6.45, 7) is 1.99. The van der Waals surface area contributed by atoms with Gasteiger partial charge >= 0.3 is 0 Å². The van der Waals surface area contributed by atoms with Gasteiger partial charge in [0.25, 0.3) is 5.91 Å². The highest BCUT2D eigenvalue weighted by atomic mass is 127. The van der Waals surface area contributed by atoms with Crippen LogP contribution in [0, 0.1) is 3.57 Å². The number of carbonyl (C=O) groups is 1. The molecule has 2 aromatic rings. The van der Waals surface area contributed by atoms with E-state index >= 15 is 0 Å². The van der Waals surface area contributed by atoms with Gasteiger partial charge in [-0.3, -0.25) is 9.48 Å². The molecule has 0 unspecified atom stereocenters. The molecule has 0 aliphatic heterocycles. The number of aromatic nitrogens is 2. The molecule has 0 radical (unpaired) electrons. The van der Waals surface area contributed by atoms with Gasteiger partial charge in [0.1, 0.15) is 0 Å². The predicted octanol–water partition coefficient (Wildman–Crippen LogP) is 3.60. The van der Waals surface area contributed by atoms with Crippen molar-refractivity contribution in [2.45, 2.75) is 13.3 Å². The molecule has 6 heteroatoms. The fourth-order valence-electron chi connectivity index (χ4n) is 1.77. The van der Waals surface area contributed by atoms with Gasteiger partial charge in [0.2, 0.25) is 0 Å². The minimum atomic E-state index is -0.132. The molecule has 0 spiro atoms. The van der Waals surface area contributed by atoms with Crippen LogP contribution in [-0.2, 0) is 13.5 Å². The van der Waals surface area contributed by atoms with E-state index in [0.29, 0.717) is 5.56 Å². The second-order valence-electron chi connectivity index (χ2n) is 4.09. The van der Waals surface area contributed by atoms with Gasteiger partial charge < -0.3 is 5.32 Å². The number of amides is 1. The van der Waals surface area contributed by atoms with Crippen LogP contribution in [0.5, 0.6) is 0 Å². The molecule has 0 bridgehead atoms. The van der Waals surface area contributed by atoms with E-state index in [1.807, 2.05) is 32.2 Å². The first kappa shape index (κ1) is 14.5. The quantitative estimate of drug-likeness (QED) is 0.751. The zero-order valence-electron chi connectivity index (χ0n) is 10.6. The van der Waals surface area contributed by atoms with Crippen molar-refractivity contribution in [1.82, 2.24) is 9.78 Å². The van der Waals surface area contributed by atoms with Gasteiger partial charge in [0, 0.05) is 21.3 Å². The molecule has 0 aliphatic rings. The monoisotopic (exact) mass is 433 g/mol. The van der Waals surface area contributed by atoms with Crippen LogP contribution in [0.2, 0.25) is 0 Å². The number of nitrogens with one attached hydrogen (secondary N) is 1. The molecule has 4 nitrogen and oxygen atoms in total. The standard InChI is InChI=1S/C13H13BrIN3O/c1-3-11-9(7-18(2)17-11)13(19)16-12-6-8(15)4-5-10(12)14/h4-7H,3H2,1-2H3,(H,16,19). The molecule has 0 atom stereocenters. The van der Waals surface area contributed by atoms with E-state index in [1.165, 1.54) is 0 Å². The molecular formula is C13H13BrIN3O. The lowest BCUT2D eigenvalue weighted by molar-refractivity contribution is 0.102. The Balaban J connectivity index is 2.27. The highest BCUT2D eigenvalue weighted by molar-refractivity contribution is 14.1. The molecule has 0 saturated heterocycles. The summed E-state index contributed by atoms with van der Waals surface area (Å²) < 4.78 is 3.60. The summed E-state index contributed by atoms with van der Waals surface area (Å²) in [4.78, 5) is 12.3. The predicted molar refractivity (Wildman–Crippen MR) is 87.4 cm³/mol. The average molecular weight is 434 g/mol. The summed E-state index contributed by atoms with van der Waals surface area (Å²) in [6, 6.07) is 5.81. The third kappa shape index (κ3) is 3.36. The minimum absolute atomic E-state index is 0.132. The molecule has 0 fully saturated rings. The number of hydrogen-bond donors (Lipinski definition) is 1. The zero-order valence-corrected chi connectivity index (χ0v) is 14.3. The first-order chi connectivity index (χ1) is 9.01.